The van der Waals surface area contributed by atoms with Gasteiger partial charge < -0.3 is 0 Å². The molecule has 0 aliphatic carbocycles. The zero-order chi connectivity index (χ0) is 11.5. The lowest BCUT2D eigenvalue weighted by Crippen LogP contribution is -1.86. The van der Waals surface area contributed by atoms with Crippen LogP contribution in [0.15, 0.2) is 35.3 Å². The van der Waals surface area contributed by atoms with Gasteiger partial charge in [-0.3, -0.25) is 0 Å². The van der Waals surface area contributed by atoms with Gasteiger partial charge in [-0.1, -0.05) is 49.6 Å². The summed E-state index contributed by atoms with van der Waals surface area (Å²) in [6, 6.07) is 10.7. The zero-order valence-electron chi connectivity index (χ0n) is 9.69. The molecule has 0 aliphatic heterocycles. The summed E-state index contributed by atoms with van der Waals surface area (Å²) < 4.78 is 0. The Morgan fingerprint density at radius 3 is 2.38 bits per heavy atom. The summed E-state index contributed by atoms with van der Waals surface area (Å²) in [5, 5.41) is 2.40. The van der Waals surface area contributed by atoms with Gasteiger partial charge in [-0.25, -0.2) is 4.99 Å². The van der Waals surface area contributed by atoms with Crippen LogP contribution in [0.25, 0.3) is 0 Å². The Kier molecular flexibility index (Phi) is 7.57. The van der Waals surface area contributed by atoms with Crippen molar-refractivity contribution in [2.45, 2.75) is 38.5 Å². The molecule has 0 saturated carbocycles. The van der Waals surface area contributed by atoms with Crippen molar-refractivity contribution < 1.29 is 0 Å². The maximum absolute atomic E-state index is 4.51. The van der Waals surface area contributed by atoms with Gasteiger partial charge in [0.2, 0.25) is 0 Å². The van der Waals surface area contributed by atoms with Crippen LogP contribution >= 0.6 is 12.2 Å². The molecule has 0 N–H and O–H groups in total. The molecule has 0 heterocycles. The van der Waals surface area contributed by atoms with Crippen molar-refractivity contribution in [2.75, 3.05) is 6.54 Å². The lowest BCUT2D eigenvalue weighted by atomic mass is 10.1. The van der Waals surface area contributed by atoms with Crippen molar-refractivity contribution in [1.82, 2.24) is 0 Å². The molecule has 2 heteroatoms. The smallest absolute Gasteiger partial charge is 0.0584 e. The normalized spacial score (nSPS) is 9.75. The first-order chi connectivity index (χ1) is 7.93. The van der Waals surface area contributed by atoms with Crippen LogP contribution in [-0.4, -0.2) is 11.7 Å². The Hall–Kier alpha value is -0.980. The first-order valence-electron chi connectivity index (χ1n) is 6.01. The van der Waals surface area contributed by atoms with E-state index in [1.54, 1.807) is 0 Å². The molecule has 0 atom stereocenters. The molecular formula is C14H19NS. The average Bonchev–Trinajstić information content (AvgIpc) is 2.34. The molecular weight excluding hydrogens is 214 g/mol. The summed E-state index contributed by atoms with van der Waals surface area (Å²) in [5.41, 5.74) is 1.45. The van der Waals surface area contributed by atoms with Crippen LogP contribution in [0, 0.1) is 0 Å². The Morgan fingerprint density at radius 2 is 1.62 bits per heavy atom. The fourth-order valence-corrected chi connectivity index (χ4v) is 1.83. The van der Waals surface area contributed by atoms with Gasteiger partial charge in [-0.2, -0.15) is 0 Å². The van der Waals surface area contributed by atoms with E-state index in [4.69, 9.17) is 0 Å². The number of thiocarbonyl (C=S) groups is 1. The highest BCUT2D eigenvalue weighted by Gasteiger charge is 1.92. The van der Waals surface area contributed by atoms with Crippen LogP contribution in [0.2, 0.25) is 0 Å². The second-order valence-electron chi connectivity index (χ2n) is 3.98. The predicted octanol–water partition coefficient (Wildman–Crippen LogP) is 4.28. The topological polar surface area (TPSA) is 12.4 Å². The highest BCUT2D eigenvalue weighted by atomic mass is 32.1. The van der Waals surface area contributed by atoms with E-state index < -0.39 is 0 Å². The van der Waals surface area contributed by atoms with Crippen molar-refractivity contribution in [2.24, 2.45) is 4.99 Å². The van der Waals surface area contributed by atoms with Gasteiger partial charge >= 0.3 is 0 Å². The van der Waals surface area contributed by atoms with Crippen molar-refractivity contribution in [3.63, 3.8) is 0 Å². The molecule has 0 spiro atoms. The van der Waals surface area contributed by atoms with Crippen molar-refractivity contribution in [1.29, 1.82) is 0 Å². The first-order valence-corrected chi connectivity index (χ1v) is 6.42. The molecule has 1 nitrogen and oxygen atoms in total. The van der Waals surface area contributed by atoms with E-state index in [1.165, 1.54) is 37.7 Å². The summed E-state index contributed by atoms with van der Waals surface area (Å²) in [6.45, 7) is 0.849. The number of unbranched alkanes of at least 4 members (excludes halogenated alkanes) is 4. The number of isothiocyanates is 1. The maximum atomic E-state index is 4.51. The fraction of sp³-hybridized carbons (Fsp3) is 0.500. The number of hydrogen-bond acceptors (Lipinski definition) is 2. The number of hydrogen-bond donors (Lipinski definition) is 0. The minimum Gasteiger partial charge on any atom is -0.233 e. The molecule has 0 radical (unpaired) electrons. The fourth-order valence-electron chi connectivity index (χ4n) is 1.74. The highest BCUT2D eigenvalue weighted by molar-refractivity contribution is 7.78. The van der Waals surface area contributed by atoms with E-state index >= 15 is 0 Å². The zero-order valence-corrected chi connectivity index (χ0v) is 10.5. The monoisotopic (exact) mass is 233 g/mol. The average molecular weight is 233 g/mol. The molecule has 0 aliphatic rings. The molecule has 0 bridgehead atoms. The lowest BCUT2D eigenvalue weighted by Gasteiger charge is -2.01. The lowest BCUT2D eigenvalue weighted by molar-refractivity contribution is 0.619. The van der Waals surface area contributed by atoms with Crippen molar-refractivity contribution >= 4 is 17.4 Å². The van der Waals surface area contributed by atoms with Gasteiger partial charge in [0.1, 0.15) is 0 Å². The highest BCUT2D eigenvalue weighted by Crippen LogP contribution is 2.08. The molecule has 16 heavy (non-hydrogen) atoms. The summed E-state index contributed by atoms with van der Waals surface area (Å²) in [5.74, 6) is 0. The second kappa shape index (κ2) is 9.26. The second-order valence-corrected chi connectivity index (χ2v) is 4.16. The van der Waals surface area contributed by atoms with Crippen LogP contribution in [-0.2, 0) is 6.42 Å². The molecule has 86 valence electrons. The van der Waals surface area contributed by atoms with E-state index in [1.807, 2.05) is 0 Å². The van der Waals surface area contributed by atoms with Gasteiger partial charge in [0, 0.05) is 6.54 Å². The minimum absolute atomic E-state index is 0.849. The summed E-state index contributed by atoms with van der Waals surface area (Å²) in [6.07, 6.45) is 7.53. The molecule has 0 unspecified atom stereocenters. The first kappa shape index (κ1) is 13.1. The van der Waals surface area contributed by atoms with Crippen molar-refractivity contribution in [3.05, 3.63) is 35.9 Å². The van der Waals surface area contributed by atoms with E-state index in [-0.39, 0.29) is 0 Å². The maximum Gasteiger partial charge on any atom is 0.0584 e. The number of nitrogens with zero attached hydrogens (tertiary/aromatic N) is 1. The summed E-state index contributed by atoms with van der Waals surface area (Å²) in [4.78, 5) is 3.90. The molecule has 0 saturated heterocycles. The Bertz CT molecular complexity index is 315. The van der Waals surface area contributed by atoms with Gasteiger partial charge in [-0.15, -0.1) is 0 Å². The Balaban J connectivity index is 1.94. The van der Waals surface area contributed by atoms with Crippen LogP contribution in [0.3, 0.4) is 0 Å². The minimum atomic E-state index is 0.849. The number of benzene rings is 1. The quantitative estimate of drug-likeness (QED) is 0.371. The molecule has 0 aromatic heterocycles. The molecule has 0 amide bonds. The third-order valence-corrected chi connectivity index (χ3v) is 2.77. The van der Waals surface area contributed by atoms with E-state index in [0.29, 0.717) is 0 Å². The summed E-state index contributed by atoms with van der Waals surface area (Å²) >= 11 is 4.51. The Labute approximate surface area is 104 Å². The van der Waals surface area contributed by atoms with Gasteiger partial charge in [0.05, 0.1) is 5.16 Å². The summed E-state index contributed by atoms with van der Waals surface area (Å²) in [7, 11) is 0. The van der Waals surface area contributed by atoms with Gasteiger partial charge in [0.25, 0.3) is 0 Å². The molecule has 1 rings (SSSR count). The molecule has 1 aromatic carbocycles. The number of aliphatic imine (C=N–C) groups is 1. The molecule has 1 aromatic rings. The predicted molar refractivity (Wildman–Crippen MR) is 73.1 cm³/mol. The van der Waals surface area contributed by atoms with Gasteiger partial charge in [0.15, 0.2) is 0 Å². The van der Waals surface area contributed by atoms with E-state index in [0.717, 1.165) is 13.0 Å². The Morgan fingerprint density at radius 1 is 0.938 bits per heavy atom. The van der Waals surface area contributed by atoms with Crippen molar-refractivity contribution in [3.8, 4) is 0 Å². The largest absolute Gasteiger partial charge is 0.233 e. The van der Waals surface area contributed by atoms with Crippen LogP contribution in [0.4, 0.5) is 0 Å². The SMILES string of the molecule is S=C=NCCCCCCCc1ccccc1. The standard InChI is InChI=1S/C14H19NS/c16-13-15-12-8-3-1-2-5-9-14-10-6-4-7-11-14/h4,6-7,10-11H,1-3,5,8-9,12H2. The molecule has 0 fully saturated rings. The third-order valence-electron chi connectivity index (χ3n) is 2.64. The van der Waals surface area contributed by atoms with Crippen LogP contribution in [0.1, 0.15) is 37.7 Å². The number of aryl methyl sites for hydroxylation is 1. The number of rotatable bonds is 8. The van der Waals surface area contributed by atoms with E-state index in [9.17, 15) is 0 Å². The van der Waals surface area contributed by atoms with Crippen LogP contribution < -0.4 is 0 Å². The third kappa shape index (κ3) is 6.49. The van der Waals surface area contributed by atoms with E-state index in [2.05, 4.69) is 52.7 Å². The van der Waals surface area contributed by atoms with Crippen LogP contribution in [0.5, 0.6) is 0 Å². The van der Waals surface area contributed by atoms with Gasteiger partial charge in [-0.05, 0) is 37.0 Å².